The van der Waals surface area contributed by atoms with E-state index in [-0.39, 0.29) is 19.0 Å². The first-order valence-corrected chi connectivity index (χ1v) is 12.5. The average molecular weight is 519 g/mol. The van der Waals surface area contributed by atoms with Gasteiger partial charge in [0.25, 0.3) is 0 Å². The number of unbranched alkanes of at least 4 members (excludes halogenated alkanes) is 1. The van der Waals surface area contributed by atoms with Crippen LogP contribution in [0.2, 0.25) is 0 Å². The van der Waals surface area contributed by atoms with Gasteiger partial charge in [-0.05, 0) is 47.9 Å². The third-order valence-corrected chi connectivity index (χ3v) is 6.05. The zero-order valence-corrected chi connectivity index (χ0v) is 21.5. The highest BCUT2D eigenvalue weighted by Crippen LogP contribution is 2.16. The highest BCUT2D eigenvalue weighted by Gasteiger charge is 2.15. The van der Waals surface area contributed by atoms with Crippen LogP contribution in [0.3, 0.4) is 0 Å². The maximum absolute atomic E-state index is 13.6. The van der Waals surface area contributed by atoms with Crippen LogP contribution in [0.4, 0.5) is 16.2 Å². The van der Waals surface area contributed by atoms with Crippen molar-refractivity contribution >= 4 is 11.8 Å². The van der Waals surface area contributed by atoms with Crippen LogP contribution in [-0.4, -0.2) is 32.8 Å². The third-order valence-electron chi connectivity index (χ3n) is 6.05. The molecule has 0 bridgehead atoms. The molecule has 2 N–H and O–H groups in total. The van der Waals surface area contributed by atoms with E-state index in [4.69, 9.17) is 4.74 Å². The number of aromatic nitrogens is 4. The summed E-state index contributed by atoms with van der Waals surface area (Å²) in [6.45, 7) is 3.37. The summed E-state index contributed by atoms with van der Waals surface area (Å²) in [6, 6.07) is 16.7. The maximum Gasteiger partial charge on any atom is 0.355 e. The minimum atomic E-state index is -0.694. The van der Waals surface area contributed by atoms with Crippen LogP contribution in [0, 0.1) is 5.82 Å². The molecule has 0 aliphatic rings. The highest BCUT2D eigenvalue weighted by molar-refractivity contribution is 5.45. The number of ether oxygens (including phenoxy) is 1. The molecular weight excluding hydrogens is 487 g/mol. The zero-order valence-electron chi connectivity index (χ0n) is 21.5. The smallest absolute Gasteiger partial charge is 0.355 e. The Hall–Kier alpha value is -4.47. The number of methoxy groups -OCH3 is 1. The van der Waals surface area contributed by atoms with Crippen LogP contribution >= 0.6 is 0 Å². The van der Waals surface area contributed by atoms with Crippen molar-refractivity contribution in [2.45, 2.75) is 39.4 Å². The SMILES string of the molecule is CCCCNc1ncccc1CNc1nc(=O)n(Cc2ccc(F)cc2)c(=O)n1Cc1ccc(OC)cc1. The van der Waals surface area contributed by atoms with Gasteiger partial charge in [0.05, 0.1) is 20.2 Å². The Morgan fingerprint density at radius 2 is 1.61 bits per heavy atom. The summed E-state index contributed by atoms with van der Waals surface area (Å²) in [6.07, 6.45) is 3.79. The van der Waals surface area contributed by atoms with Crippen LogP contribution in [0.25, 0.3) is 0 Å². The Morgan fingerprint density at radius 1 is 0.921 bits per heavy atom. The molecular formula is C28H31FN6O3. The highest BCUT2D eigenvalue weighted by atomic mass is 19.1. The summed E-state index contributed by atoms with van der Waals surface area (Å²) in [5.74, 6) is 1.19. The van der Waals surface area contributed by atoms with E-state index in [2.05, 4.69) is 27.5 Å². The van der Waals surface area contributed by atoms with Crippen molar-refractivity contribution in [3.63, 3.8) is 0 Å². The lowest BCUT2D eigenvalue weighted by Crippen LogP contribution is -2.43. The van der Waals surface area contributed by atoms with Gasteiger partial charge >= 0.3 is 11.4 Å². The number of rotatable bonds is 12. The molecule has 9 nitrogen and oxygen atoms in total. The van der Waals surface area contributed by atoms with E-state index < -0.39 is 17.2 Å². The first kappa shape index (κ1) is 26.6. The Bertz CT molecular complexity index is 1470. The molecule has 2 heterocycles. The molecule has 10 heteroatoms. The minimum absolute atomic E-state index is 0.0259. The molecule has 0 amide bonds. The van der Waals surface area contributed by atoms with Crippen molar-refractivity contribution in [2.75, 3.05) is 24.3 Å². The Labute approximate surface area is 220 Å². The largest absolute Gasteiger partial charge is 0.497 e. The van der Waals surface area contributed by atoms with Crippen molar-refractivity contribution in [2.24, 2.45) is 0 Å². The summed E-state index contributed by atoms with van der Waals surface area (Å²) in [5, 5.41) is 6.50. The normalized spacial score (nSPS) is 10.8. The molecule has 0 aliphatic heterocycles. The summed E-state index contributed by atoms with van der Waals surface area (Å²) >= 11 is 0. The topological polar surface area (TPSA) is 103 Å². The number of hydrogen-bond acceptors (Lipinski definition) is 7. The fraction of sp³-hybridized carbons (Fsp3) is 0.286. The first-order chi connectivity index (χ1) is 18.5. The molecule has 4 aromatic rings. The fourth-order valence-electron chi connectivity index (χ4n) is 3.93. The Morgan fingerprint density at radius 3 is 2.29 bits per heavy atom. The molecule has 0 saturated heterocycles. The van der Waals surface area contributed by atoms with E-state index in [0.717, 1.165) is 40.9 Å². The van der Waals surface area contributed by atoms with Crippen LogP contribution in [0.15, 0.2) is 76.4 Å². The van der Waals surface area contributed by atoms with E-state index in [1.54, 1.807) is 25.4 Å². The molecule has 0 atom stereocenters. The Balaban J connectivity index is 1.67. The molecule has 0 unspecified atom stereocenters. The number of hydrogen-bond donors (Lipinski definition) is 2. The predicted octanol–water partition coefficient (Wildman–Crippen LogP) is 3.87. The minimum Gasteiger partial charge on any atom is -0.497 e. The second-order valence-electron chi connectivity index (χ2n) is 8.79. The second kappa shape index (κ2) is 12.7. The standard InChI is InChI=1S/C28H31FN6O3/c1-3-4-15-30-25-22(6-5-16-31-25)17-32-26-33-27(36)35(19-20-7-11-23(29)12-8-20)28(37)34(26)18-21-9-13-24(38-2)14-10-21/h5-14,16H,3-4,15,17-19H2,1-2H3,(H,30,31)(H,32,33,36). The molecule has 38 heavy (non-hydrogen) atoms. The fourth-order valence-corrected chi connectivity index (χ4v) is 3.93. The molecule has 0 fully saturated rings. The van der Waals surface area contributed by atoms with Crippen LogP contribution in [0.5, 0.6) is 5.75 Å². The molecule has 0 radical (unpaired) electrons. The van der Waals surface area contributed by atoms with E-state index >= 15 is 0 Å². The van der Waals surface area contributed by atoms with E-state index in [1.165, 1.54) is 28.8 Å². The van der Waals surface area contributed by atoms with Crippen LogP contribution in [0.1, 0.15) is 36.5 Å². The summed E-state index contributed by atoms with van der Waals surface area (Å²) in [5.41, 5.74) is 1.10. The van der Waals surface area contributed by atoms with Gasteiger partial charge in [-0.3, -0.25) is 4.57 Å². The zero-order chi connectivity index (χ0) is 26.9. The van der Waals surface area contributed by atoms with Gasteiger partial charge < -0.3 is 15.4 Å². The maximum atomic E-state index is 13.6. The number of halogens is 1. The summed E-state index contributed by atoms with van der Waals surface area (Å²) in [4.78, 5) is 35.2. The van der Waals surface area contributed by atoms with Gasteiger partial charge in [0.2, 0.25) is 5.95 Å². The molecule has 2 aromatic heterocycles. The van der Waals surface area contributed by atoms with Crippen molar-refractivity contribution in [3.8, 4) is 5.75 Å². The van der Waals surface area contributed by atoms with Crippen molar-refractivity contribution < 1.29 is 9.13 Å². The van der Waals surface area contributed by atoms with Gasteiger partial charge in [0.1, 0.15) is 17.4 Å². The molecule has 0 spiro atoms. The molecule has 0 saturated carbocycles. The van der Waals surface area contributed by atoms with E-state index in [0.29, 0.717) is 17.9 Å². The number of nitrogens with zero attached hydrogens (tertiary/aromatic N) is 4. The average Bonchev–Trinajstić information content (AvgIpc) is 2.94. The van der Waals surface area contributed by atoms with Gasteiger partial charge in [0.15, 0.2) is 0 Å². The van der Waals surface area contributed by atoms with Crippen molar-refractivity contribution in [1.29, 1.82) is 0 Å². The first-order valence-electron chi connectivity index (χ1n) is 12.5. The van der Waals surface area contributed by atoms with Gasteiger partial charge in [-0.15, -0.1) is 0 Å². The summed E-state index contributed by atoms with van der Waals surface area (Å²) < 4.78 is 21.1. The molecule has 0 aliphatic carbocycles. The van der Waals surface area contributed by atoms with Crippen LogP contribution in [-0.2, 0) is 19.6 Å². The lowest BCUT2D eigenvalue weighted by Gasteiger charge is -2.17. The number of nitrogens with one attached hydrogen (secondary N) is 2. The number of pyridine rings is 1. The second-order valence-corrected chi connectivity index (χ2v) is 8.79. The molecule has 2 aromatic carbocycles. The quantitative estimate of drug-likeness (QED) is 0.275. The Kier molecular flexibility index (Phi) is 8.86. The predicted molar refractivity (Wildman–Crippen MR) is 145 cm³/mol. The van der Waals surface area contributed by atoms with Crippen molar-refractivity contribution in [3.05, 3.63) is 110 Å². The van der Waals surface area contributed by atoms with E-state index in [1.807, 2.05) is 24.3 Å². The van der Waals surface area contributed by atoms with Crippen molar-refractivity contribution in [1.82, 2.24) is 19.1 Å². The lowest BCUT2D eigenvalue weighted by atomic mass is 10.2. The third kappa shape index (κ3) is 6.64. The van der Waals surface area contributed by atoms with Gasteiger partial charge in [-0.25, -0.2) is 23.5 Å². The van der Waals surface area contributed by atoms with Gasteiger partial charge in [-0.2, -0.15) is 4.98 Å². The summed E-state index contributed by atoms with van der Waals surface area (Å²) in [7, 11) is 1.58. The van der Waals surface area contributed by atoms with Gasteiger partial charge in [-0.1, -0.05) is 43.7 Å². The number of benzene rings is 2. The lowest BCUT2D eigenvalue weighted by molar-refractivity contribution is 0.414. The van der Waals surface area contributed by atoms with Gasteiger partial charge in [0, 0.05) is 24.8 Å². The van der Waals surface area contributed by atoms with E-state index in [9.17, 15) is 14.0 Å². The van der Waals surface area contributed by atoms with Crippen LogP contribution < -0.4 is 26.7 Å². The molecule has 198 valence electrons. The monoisotopic (exact) mass is 518 g/mol. The number of anilines is 2. The molecule has 4 rings (SSSR count).